The molecule has 0 fully saturated rings. The molecule has 0 aliphatic rings. The molecule has 0 unspecified atom stereocenters. The van der Waals surface area contributed by atoms with Crippen LogP contribution in [-0.2, 0) is 18.3 Å². The Kier molecular flexibility index (Phi) is 24.6. The van der Waals surface area contributed by atoms with Gasteiger partial charge in [-0.25, -0.2) is 4.57 Å². The summed E-state index contributed by atoms with van der Waals surface area (Å²) < 4.78 is 34.8. The topological polar surface area (TPSA) is 54.0 Å². The average Bonchev–Trinajstić information content (AvgIpc) is 2.84. The molecular formula is C28H53O5P. The van der Waals surface area contributed by atoms with E-state index in [1.54, 1.807) is 12.1 Å². The van der Waals surface area contributed by atoms with Crippen LogP contribution in [0.15, 0.2) is 30.3 Å². The Morgan fingerprint density at radius 2 is 1.00 bits per heavy atom. The van der Waals surface area contributed by atoms with E-state index in [0.717, 1.165) is 38.9 Å². The summed E-state index contributed by atoms with van der Waals surface area (Å²) in [6.45, 7) is 10.9. The molecule has 0 amide bonds. The summed E-state index contributed by atoms with van der Waals surface area (Å²) in [6.07, 6.45) is 16.6. The predicted molar refractivity (Wildman–Crippen MR) is 145 cm³/mol. The third-order valence-corrected chi connectivity index (χ3v) is 6.80. The molecule has 5 nitrogen and oxygen atoms in total. The lowest BCUT2D eigenvalue weighted by Crippen LogP contribution is -2.05. The predicted octanol–water partition coefficient (Wildman–Crippen LogP) is 9.75. The largest absolute Gasteiger partial charge is 0.530 e. The number of phosphoric ester groups is 1. The molecule has 0 atom stereocenters. The van der Waals surface area contributed by atoms with E-state index in [1.807, 2.05) is 32.0 Å². The van der Waals surface area contributed by atoms with Gasteiger partial charge in [-0.2, -0.15) is 0 Å². The molecule has 0 aromatic heterocycles. The number of para-hydroxylation sites is 1. The molecule has 6 heteroatoms. The van der Waals surface area contributed by atoms with Gasteiger partial charge in [-0.05, 0) is 38.8 Å². The molecule has 34 heavy (non-hydrogen) atoms. The first kappa shape index (κ1) is 33.1. The Morgan fingerprint density at radius 3 is 1.38 bits per heavy atom. The van der Waals surface area contributed by atoms with Gasteiger partial charge in [0.1, 0.15) is 5.75 Å². The van der Waals surface area contributed by atoms with Crippen LogP contribution >= 0.6 is 7.82 Å². The Hall–Kier alpha value is -0.870. The Morgan fingerprint density at radius 1 is 0.588 bits per heavy atom. The summed E-state index contributed by atoms with van der Waals surface area (Å²) >= 11 is 0. The molecule has 0 radical (unpaired) electrons. The molecule has 0 N–H and O–H groups in total. The van der Waals surface area contributed by atoms with Gasteiger partial charge in [-0.3, -0.25) is 9.05 Å². The number of unbranched alkanes of at least 4 members (excludes halogenated alkanes) is 12. The fourth-order valence-electron chi connectivity index (χ4n) is 3.38. The molecule has 0 heterocycles. The van der Waals surface area contributed by atoms with Crippen LogP contribution < -0.4 is 4.52 Å². The van der Waals surface area contributed by atoms with Crippen LogP contribution in [0.3, 0.4) is 0 Å². The first-order valence-corrected chi connectivity index (χ1v) is 15.3. The maximum absolute atomic E-state index is 13.1. The molecule has 1 aromatic rings. The zero-order valence-electron chi connectivity index (χ0n) is 22.6. The maximum atomic E-state index is 13.1. The van der Waals surface area contributed by atoms with Crippen LogP contribution in [0.2, 0.25) is 0 Å². The summed E-state index contributed by atoms with van der Waals surface area (Å²) in [5.74, 6) is 0.523. The first-order valence-electron chi connectivity index (χ1n) is 13.8. The number of phosphoric acid groups is 1. The highest BCUT2D eigenvalue weighted by molar-refractivity contribution is 7.48. The van der Waals surface area contributed by atoms with Gasteiger partial charge in [0.25, 0.3) is 0 Å². The van der Waals surface area contributed by atoms with Crippen LogP contribution in [0.25, 0.3) is 0 Å². The number of rotatable bonds is 22. The monoisotopic (exact) mass is 500 g/mol. The van der Waals surface area contributed by atoms with Gasteiger partial charge in [0.15, 0.2) is 0 Å². The zero-order valence-corrected chi connectivity index (χ0v) is 23.5. The van der Waals surface area contributed by atoms with Crippen molar-refractivity contribution in [2.75, 3.05) is 26.4 Å². The molecule has 0 saturated carbocycles. The maximum Gasteiger partial charge on any atom is 0.530 e. The van der Waals surface area contributed by atoms with Gasteiger partial charge in [-0.15, -0.1) is 0 Å². The van der Waals surface area contributed by atoms with Crippen LogP contribution in [0, 0.1) is 0 Å². The number of hydrogen-bond acceptors (Lipinski definition) is 5. The highest BCUT2D eigenvalue weighted by Gasteiger charge is 2.28. The van der Waals surface area contributed by atoms with Crippen molar-refractivity contribution in [1.82, 2.24) is 0 Å². The minimum Gasteiger partial charge on any atom is -0.404 e. The van der Waals surface area contributed by atoms with Crippen LogP contribution in [-0.4, -0.2) is 26.4 Å². The SMILES string of the molecule is CCCCCCCCCOP(=O)(OCCCCCCCCC)Oc1ccccc1.CCOCC. The second-order valence-electron chi connectivity index (χ2n) is 8.54. The Bertz CT molecular complexity index is 541. The summed E-state index contributed by atoms with van der Waals surface area (Å²) in [5.41, 5.74) is 0. The van der Waals surface area contributed by atoms with Crippen molar-refractivity contribution < 1.29 is 22.9 Å². The number of ether oxygens (including phenoxy) is 1. The summed E-state index contributed by atoms with van der Waals surface area (Å²) in [4.78, 5) is 0. The minimum atomic E-state index is -3.57. The van der Waals surface area contributed by atoms with E-state index < -0.39 is 7.82 Å². The van der Waals surface area contributed by atoms with E-state index in [2.05, 4.69) is 13.8 Å². The molecule has 200 valence electrons. The summed E-state index contributed by atoms with van der Waals surface area (Å²) in [6, 6.07) is 9.16. The quantitative estimate of drug-likeness (QED) is 0.117. The van der Waals surface area contributed by atoms with Crippen molar-refractivity contribution in [3.63, 3.8) is 0 Å². The standard InChI is InChI=1S/C24H43O4P.C4H10O/c1-3-5-7-9-11-13-18-22-26-29(25,28-24-20-16-15-17-21-24)27-23-19-14-12-10-8-6-4-2;1-3-5-4-2/h15-17,20-21H,3-14,18-19,22-23H2,1-2H3;3-4H2,1-2H3. The van der Waals surface area contributed by atoms with Crippen LogP contribution in [0.4, 0.5) is 0 Å². The van der Waals surface area contributed by atoms with Crippen LogP contribution in [0.1, 0.15) is 118 Å². The Labute approximate surface area is 210 Å². The molecule has 0 aliphatic heterocycles. The number of hydrogen-bond donors (Lipinski definition) is 0. The van der Waals surface area contributed by atoms with E-state index in [1.165, 1.54) is 64.2 Å². The molecular weight excluding hydrogens is 447 g/mol. The van der Waals surface area contributed by atoms with Gasteiger partial charge >= 0.3 is 7.82 Å². The smallest absolute Gasteiger partial charge is 0.404 e. The molecule has 0 bridgehead atoms. The van der Waals surface area contributed by atoms with Gasteiger partial charge in [-0.1, -0.05) is 109 Å². The van der Waals surface area contributed by atoms with E-state index >= 15 is 0 Å². The van der Waals surface area contributed by atoms with Crippen molar-refractivity contribution in [1.29, 1.82) is 0 Å². The third kappa shape index (κ3) is 21.6. The zero-order chi connectivity index (χ0) is 25.2. The average molecular weight is 501 g/mol. The minimum absolute atomic E-state index is 0.412. The Balaban J connectivity index is 0.00000196. The summed E-state index contributed by atoms with van der Waals surface area (Å²) in [5, 5.41) is 0. The lowest BCUT2D eigenvalue weighted by Gasteiger charge is -2.18. The highest BCUT2D eigenvalue weighted by atomic mass is 31.2. The first-order chi connectivity index (χ1) is 16.6. The van der Waals surface area contributed by atoms with Gasteiger partial charge in [0.05, 0.1) is 13.2 Å². The third-order valence-electron chi connectivity index (χ3n) is 5.36. The second-order valence-corrected chi connectivity index (χ2v) is 10.1. The molecule has 0 saturated heterocycles. The molecule has 0 aliphatic carbocycles. The van der Waals surface area contributed by atoms with Crippen molar-refractivity contribution >= 4 is 7.82 Å². The fraction of sp³-hybridized carbons (Fsp3) is 0.786. The second kappa shape index (κ2) is 25.2. The lowest BCUT2D eigenvalue weighted by atomic mass is 10.1. The van der Waals surface area contributed by atoms with E-state index in [-0.39, 0.29) is 0 Å². The van der Waals surface area contributed by atoms with Gasteiger partial charge in [0, 0.05) is 13.2 Å². The fourth-order valence-corrected chi connectivity index (χ4v) is 4.64. The van der Waals surface area contributed by atoms with Crippen molar-refractivity contribution in [3.8, 4) is 5.75 Å². The summed E-state index contributed by atoms with van der Waals surface area (Å²) in [7, 11) is -3.57. The van der Waals surface area contributed by atoms with Crippen molar-refractivity contribution in [3.05, 3.63) is 30.3 Å². The normalized spacial score (nSPS) is 11.2. The molecule has 1 aromatic carbocycles. The van der Waals surface area contributed by atoms with Crippen molar-refractivity contribution in [2.24, 2.45) is 0 Å². The van der Waals surface area contributed by atoms with Gasteiger partial charge in [0.2, 0.25) is 0 Å². The highest BCUT2D eigenvalue weighted by Crippen LogP contribution is 2.49. The van der Waals surface area contributed by atoms with Crippen molar-refractivity contribution in [2.45, 2.75) is 118 Å². The molecule has 0 spiro atoms. The van der Waals surface area contributed by atoms with Crippen LogP contribution in [0.5, 0.6) is 5.75 Å². The van der Waals surface area contributed by atoms with E-state index in [4.69, 9.17) is 18.3 Å². The van der Waals surface area contributed by atoms with E-state index in [9.17, 15) is 4.57 Å². The molecule has 1 rings (SSSR count). The van der Waals surface area contributed by atoms with Gasteiger partial charge < -0.3 is 9.26 Å². The number of benzene rings is 1. The lowest BCUT2D eigenvalue weighted by molar-refractivity contribution is 0.150. The van der Waals surface area contributed by atoms with E-state index in [0.29, 0.717) is 19.0 Å².